The number of aliphatic hydroxyl groups is 1. The van der Waals surface area contributed by atoms with Gasteiger partial charge in [0.25, 0.3) is 0 Å². The second-order valence-corrected chi connectivity index (χ2v) is 9.99. The van der Waals surface area contributed by atoms with Crippen molar-refractivity contribution >= 4 is 5.97 Å². The van der Waals surface area contributed by atoms with E-state index in [2.05, 4.69) is 43.0 Å². The van der Waals surface area contributed by atoms with Gasteiger partial charge in [-0.05, 0) is 45.2 Å². The number of esters is 1. The Morgan fingerprint density at radius 1 is 0.939 bits per heavy atom. The average molecular weight is 454 g/mol. The molecular formula is C29H43NO3. The van der Waals surface area contributed by atoms with E-state index in [0.29, 0.717) is 6.54 Å². The van der Waals surface area contributed by atoms with Gasteiger partial charge in [-0.1, -0.05) is 99.7 Å². The summed E-state index contributed by atoms with van der Waals surface area (Å²) in [5.41, 5.74) is 1.69. The molecule has 0 aromatic heterocycles. The van der Waals surface area contributed by atoms with E-state index >= 15 is 0 Å². The van der Waals surface area contributed by atoms with E-state index in [-0.39, 0.29) is 12.1 Å². The summed E-state index contributed by atoms with van der Waals surface area (Å²) >= 11 is 0. The third-order valence-corrected chi connectivity index (χ3v) is 6.03. The molecule has 2 aromatic rings. The van der Waals surface area contributed by atoms with E-state index in [4.69, 9.17) is 4.74 Å². The summed E-state index contributed by atoms with van der Waals surface area (Å²) in [6.07, 6.45) is 5.20. The van der Waals surface area contributed by atoms with Crippen LogP contribution in [-0.4, -0.2) is 33.7 Å². The third-order valence-electron chi connectivity index (χ3n) is 6.03. The summed E-state index contributed by atoms with van der Waals surface area (Å²) in [7, 11) is 0. The van der Waals surface area contributed by atoms with Gasteiger partial charge in [0.05, 0.1) is 0 Å². The molecule has 4 heteroatoms. The highest BCUT2D eigenvalue weighted by atomic mass is 16.6. The van der Waals surface area contributed by atoms with Crippen LogP contribution in [0.2, 0.25) is 0 Å². The normalized spacial score (nSPS) is 14.6. The molecule has 0 saturated carbocycles. The largest absolute Gasteiger partial charge is 0.458 e. The molecule has 3 atom stereocenters. The molecule has 0 amide bonds. The Balaban J connectivity index is 2.34. The predicted molar refractivity (Wildman–Crippen MR) is 136 cm³/mol. The van der Waals surface area contributed by atoms with Crippen LogP contribution in [0.5, 0.6) is 0 Å². The number of benzene rings is 2. The molecule has 182 valence electrons. The molecule has 2 aromatic carbocycles. The van der Waals surface area contributed by atoms with Crippen molar-refractivity contribution in [1.29, 1.82) is 0 Å². The van der Waals surface area contributed by atoms with Gasteiger partial charge in [-0.2, -0.15) is 0 Å². The Hall–Kier alpha value is -2.17. The maximum atomic E-state index is 13.0. The van der Waals surface area contributed by atoms with E-state index in [0.717, 1.165) is 24.8 Å². The molecule has 0 saturated heterocycles. The number of unbranched alkanes of at least 4 members (excludes halogenated alkanes) is 4. The van der Waals surface area contributed by atoms with Gasteiger partial charge in [0.2, 0.25) is 0 Å². The molecule has 0 spiro atoms. The van der Waals surface area contributed by atoms with Crippen molar-refractivity contribution in [1.82, 2.24) is 4.90 Å². The quantitative estimate of drug-likeness (QED) is 0.271. The number of rotatable bonds is 13. The molecule has 2 rings (SSSR count). The van der Waals surface area contributed by atoms with Gasteiger partial charge in [-0.25, -0.2) is 4.79 Å². The van der Waals surface area contributed by atoms with Crippen LogP contribution in [0, 0.1) is 0 Å². The van der Waals surface area contributed by atoms with Gasteiger partial charge >= 0.3 is 5.97 Å². The minimum Gasteiger partial charge on any atom is -0.458 e. The van der Waals surface area contributed by atoms with E-state index in [1.54, 1.807) is 0 Å². The first-order chi connectivity index (χ1) is 15.7. The zero-order valence-electron chi connectivity index (χ0n) is 21.2. The lowest BCUT2D eigenvalue weighted by atomic mass is 9.95. The van der Waals surface area contributed by atoms with Gasteiger partial charge in [-0.3, -0.25) is 4.90 Å². The molecule has 0 fully saturated rings. The molecule has 0 aliphatic carbocycles. The monoisotopic (exact) mass is 453 g/mol. The number of hydrogen-bond donors (Lipinski definition) is 1. The van der Waals surface area contributed by atoms with Crippen molar-refractivity contribution in [3.63, 3.8) is 0 Å². The fourth-order valence-electron chi connectivity index (χ4n) is 4.24. The second kappa shape index (κ2) is 13.5. The minimum absolute atomic E-state index is 0.0316. The van der Waals surface area contributed by atoms with E-state index in [1.807, 2.05) is 57.2 Å². The van der Waals surface area contributed by atoms with Crippen LogP contribution in [-0.2, 0) is 16.1 Å². The topological polar surface area (TPSA) is 49.8 Å². The van der Waals surface area contributed by atoms with E-state index in [1.165, 1.54) is 24.8 Å². The van der Waals surface area contributed by atoms with Crippen LogP contribution in [0.4, 0.5) is 0 Å². The van der Waals surface area contributed by atoms with Crippen LogP contribution in [0.3, 0.4) is 0 Å². The summed E-state index contributed by atoms with van der Waals surface area (Å²) in [6.45, 7) is 10.5. The van der Waals surface area contributed by atoms with E-state index < -0.39 is 17.7 Å². The van der Waals surface area contributed by atoms with Crippen molar-refractivity contribution in [2.45, 2.75) is 103 Å². The number of nitrogens with zero attached hydrogens (tertiary/aromatic N) is 1. The summed E-state index contributed by atoms with van der Waals surface area (Å²) in [5, 5.41) is 11.3. The Morgan fingerprint density at radius 3 is 2.09 bits per heavy atom. The summed E-state index contributed by atoms with van der Waals surface area (Å²) < 4.78 is 5.60. The SMILES string of the molecule is CCCCCCC[C@H]([C@@H](O)C(=O)OC(C)(C)C)N(Cc1ccccc1)[C@H](C)c1ccccc1. The molecule has 0 unspecified atom stereocenters. The Bertz CT molecular complexity index is 801. The molecular weight excluding hydrogens is 410 g/mol. The molecule has 33 heavy (non-hydrogen) atoms. The smallest absolute Gasteiger partial charge is 0.337 e. The molecule has 0 aliphatic rings. The van der Waals surface area contributed by atoms with Crippen LogP contribution < -0.4 is 0 Å². The molecule has 1 N–H and O–H groups in total. The minimum atomic E-state index is -1.20. The zero-order valence-corrected chi connectivity index (χ0v) is 21.2. The average Bonchev–Trinajstić information content (AvgIpc) is 2.79. The first-order valence-corrected chi connectivity index (χ1v) is 12.5. The summed E-state index contributed by atoms with van der Waals surface area (Å²) in [5.74, 6) is -0.542. The maximum absolute atomic E-state index is 13.0. The van der Waals surface area contributed by atoms with Gasteiger partial charge in [-0.15, -0.1) is 0 Å². The Labute approximate surface area is 201 Å². The van der Waals surface area contributed by atoms with Crippen LogP contribution in [0.1, 0.15) is 90.3 Å². The lowest BCUT2D eigenvalue weighted by Crippen LogP contribution is -2.49. The van der Waals surface area contributed by atoms with Gasteiger partial charge in [0.15, 0.2) is 6.10 Å². The lowest BCUT2D eigenvalue weighted by Gasteiger charge is -2.39. The Kier molecular flexibility index (Phi) is 11.1. The molecule has 0 heterocycles. The van der Waals surface area contributed by atoms with Crippen molar-refractivity contribution in [3.8, 4) is 0 Å². The second-order valence-electron chi connectivity index (χ2n) is 9.99. The van der Waals surface area contributed by atoms with Gasteiger partial charge < -0.3 is 9.84 Å². The van der Waals surface area contributed by atoms with Crippen molar-refractivity contribution < 1.29 is 14.6 Å². The Morgan fingerprint density at radius 2 is 1.52 bits per heavy atom. The van der Waals surface area contributed by atoms with Gasteiger partial charge in [0.1, 0.15) is 5.60 Å². The van der Waals surface area contributed by atoms with Gasteiger partial charge in [0, 0.05) is 18.6 Å². The maximum Gasteiger partial charge on any atom is 0.337 e. The summed E-state index contributed by atoms with van der Waals surface area (Å²) in [6, 6.07) is 20.3. The standard InChI is InChI=1S/C29H43NO3/c1-6-7-8-9-16-21-26(27(31)28(32)33-29(3,4)5)30(22-24-17-12-10-13-18-24)23(2)25-19-14-11-15-20-25/h10-15,17-20,23,26-27,31H,6-9,16,21-22H2,1-5H3/t23-,26-,27-/m1/s1. The van der Waals surface area contributed by atoms with Crippen LogP contribution in [0.25, 0.3) is 0 Å². The van der Waals surface area contributed by atoms with E-state index in [9.17, 15) is 9.90 Å². The molecule has 0 radical (unpaired) electrons. The highest BCUT2D eigenvalue weighted by Gasteiger charge is 2.36. The van der Waals surface area contributed by atoms with Crippen LogP contribution >= 0.6 is 0 Å². The first kappa shape index (κ1) is 27.1. The lowest BCUT2D eigenvalue weighted by molar-refractivity contribution is -0.170. The van der Waals surface area contributed by atoms with Crippen molar-refractivity contribution in [3.05, 3.63) is 71.8 Å². The molecule has 0 aliphatic heterocycles. The van der Waals surface area contributed by atoms with Crippen LogP contribution in [0.15, 0.2) is 60.7 Å². The van der Waals surface area contributed by atoms with Crippen molar-refractivity contribution in [2.24, 2.45) is 0 Å². The highest BCUT2D eigenvalue weighted by Crippen LogP contribution is 2.29. The number of carbonyl (C=O) groups excluding carboxylic acids is 1. The highest BCUT2D eigenvalue weighted by molar-refractivity contribution is 5.75. The number of hydrogen-bond acceptors (Lipinski definition) is 4. The third kappa shape index (κ3) is 9.30. The number of aliphatic hydroxyl groups excluding tert-OH is 1. The zero-order chi connectivity index (χ0) is 24.3. The fourth-order valence-corrected chi connectivity index (χ4v) is 4.24. The number of ether oxygens (including phenoxy) is 1. The molecule has 0 bridgehead atoms. The number of carbonyl (C=O) groups is 1. The molecule has 4 nitrogen and oxygen atoms in total. The van der Waals surface area contributed by atoms with Crippen molar-refractivity contribution in [2.75, 3.05) is 0 Å². The fraction of sp³-hybridized carbons (Fsp3) is 0.552. The first-order valence-electron chi connectivity index (χ1n) is 12.5. The predicted octanol–water partition coefficient (Wildman–Crippen LogP) is 6.68. The summed E-state index contributed by atoms with van der Waals surface area (Å²) in [4.78, 5) is 15.2.